The minimum Gasteiger partial charge on any atom is -0.346 e. The molecule has 11 amide bonds. The molecule has 0 bridgehead atoms. The SMILES string of the molecule is CC(C)N1CC(=O)NCC(=O)NCC(=O)NCC(=O)NCC(=O)NCC(=O)NCC(=O)NCC(=O)NCC(=O)NCC(=O)NCC1=O. The van der Waals surface area contributed by atoms with E-state index < -0.39 is 143 Å². The second-order valence-electron chi connectivity index (χ2n) is 9.88. The molecule has 0 unspecified atom stereocenters. The summed E-state index contributed by atoms with van der Waals surface area (Å²) < 4.78 is 0. The van der Waals surface area contributed by atoms with Crippen molar-refractivity contribution in [1.29, 1.82) is 0 Å². The molecule has 0 aromatic rings. The highest BCUT2D eigenvalue weighted by molar-refractivity contribution is 5.94. The van der Waals surface area contributed by atoms with Crippen molar-refractivity contribution < 1.29 is 52.7 Å². The van der Waals surface area contributed by atoms with Crippen LogP contribution in [-0.4, -0.2) is 148 Å². The van der Waals surface area contributed by atoms with E-state index in [4.69, 9.17) is 0 Å². The van der Waals surface area contributed by atoms with Gasteiger partial charge in [0.05, 0.1) is 72.0 Å². The van der Waals surface area contributed by atoms with Crippen LogP contribution >= 0.6 is 0 Å². The summed E-state index contributed by atoms with van der Waals surface area (Å²) in [6.45, 7) is -2.63. The van der Waals surface area contributed by atoms with Crippen molar-refractivity contribution in [2.75, 3.05) is 72.0 Å². The van der Waals surface area contributed by atoms with Crippen LogP contribution in [0.15, 0.2) is 0 Å². The van der Waals surface area contributed by atoms with Gasteiger partial charge in [0.1, 0.15) is 0 Å². The Morgan fingerprint density at radius 3 is 0.745 bits per heavy atom. The Kier molecular flexibility index (Phi) is 17.5. The second kappa shape index (κ2) is 21.0. The number of hydrogen-bond acceptors (Lipinski definition) is 11. The number of nitrogens with zero attached hydrogens (tertiary/aromatic N) is 1. The van der Waals surface area contributed by atoms with Gasteiger partial charge in [-0.05, 0) is 13.8 Å². The zero-order valence-corrected chi connectivity index (χ0v) is 25.8. The van der Waals surface area contributed by atoms with E-state index in [1.54, 1.807) is 13.8 Å². The fraction of sp³-hybridized carbons (Fsp3) is 0.560. The molecule has 0 aliphatic carbocycles. The molecule has 22 nitrogen and oxygen atoms in total. The summed E-state index contributed by atoms with van der Waals surface area (Å²) in [5.74, 6) is -8.18. The zero-order chi connectivity index (χ0) is 35.4. The predicted molar refractivity (Wildman–Crippen MR) is 157 cm³/mol. The largest absolute Gasteiger partial charge is 0.346 e. The molecule has 47 heavy (non-hydrogen) atoms. The van der Waals surface area contributed by atoms with Gasteiger partial charge in [-0.2, -0.15) is 0 Å². The molecule has 1 saturated heterocycles. The van der Waals surface area contributed by atoms with Gasteiger partial charge in [-0.1, -0.05) is 0 Å². The molecule has 1 fully saturated rings. The van der Waals surface area contributed by atoms with Crippen molar-refractivity contribution in [3.05, 3.63) is 0 Å². The third kappa shape index (κ3) is 18.5. The highest BCUT2D eigenvalue weighted by atomic mass is 16.2. The van der Waals surface area contributed by atoms with Gasteiger partial charge in [0.15, 0.2) is 0 Å². The van der Waals surface area contributed by atoms with Crippen LogP contribution in [0.1, 0.15) is 13.8 Å². The molecular weight excluding hydrogens is 630 g/mol. The maximum absolute atomic E-state index is 12.6. The van der Waals surface area contributed by atoms with Crippen molar-refractivity contribution in [2.24, 2.45) is 0 Å². The molecule has 0 atom stereocenters. The van der Waals surface area contributed by atoms with Crippen molar-refractivity contribution in [3.63, 3.8) is 0 Å². The van der Waals surface area contributed by atoms with Crippen LogP contribution in [0.2, 0.25) is 0 Å². The average molecular weight is 670 g/mol. The fourth-order valence-electron chi connectivity index (χ4n) is 3.22. The van der Waals surface area contributed by atoms with E-state index in [-0.39, 0.29) is 0 Å². The van der Waals surface area contributed by atoms with Crippen LogP contribution in [0.25, 0.3) is 0 Å². The summed E-state index contributed by atoms with van der Waals surface area (Å²) >= 11 is 0. The molecule has 1 aliphatic rings. The van der Waals surface area contributed by atoms with E-state index >= 15 is 0 Å². The van der Waals surface area contributed by atoms with Crippen LogP contribution in [-0.2, 0) is 52.7 Å². The Bertz CT molecular complexity index is 1240. The summed E-state index contributed by atoms with van der Waals surface area (Å²) in [6, 6.07) is -0.478. The van der Waals surface area contributed by atoms with E-state index in [0.29, 0.717) is 0 Å². The lowest BCUT2D eigenvalue weighted by Gasteiger charge is -2.26. The molecule has 0 saturated carbocycles. The Hall–Kier alpha value is -5.83. The van der Waals surface area contributed by atoms with Gasteiger partial charge in [0, 0.05) is 6.04 Å². The van der Waals surface area contributed by atoms with Crippen molar-refractivity contribution >= 4 is 65.0 Å². The quantitative estimate of drug-likeness (QED) is 0.125. The van der Waals surface area contributed by atoms with Gasteiger partial charge in [-0.3, -0.25) is 52.7 Å². The number of rotatable bonds is 1. The summed E-state index contributed by atoms with van der Waals surface area (Å²) in [6.07, 6.45) is 0. The standard InChI is InChI=1S/C25H39N11O11/c1-14(2)36-13-24(46)34-11-22(44)32-9-20(42)30-7-18(40)28-5-16(38)26-3-15(37)27-4-17(39)29-6-19(41)31-8-21(43)33-10-23(45)35-12-25(36)47/h14H,3-13H2,1-2H3,(H,26,38)(H,27,37)(H,28,40)(H,29,39)(H,30,42)(H,31,41)(H,32,44)(H,33,43)(H,34,46)(H,35,45). The Labute approximate surface area is 268 Å². The lowest BCUT2D eigenvalue weighted by atomic mass is 10.3. The number of amides is 11. The van der Waals surface area contributed by atoms with Crippen molar-refractivity contribution in [3.8, 4) is 0 Å². The maximum atomic E-state index is 12.6. The van der Waals surface area contributed by atoms with Crippen molar-refractivity contribution in [1.82, 2.24) is 58.1 Å². The minimum absolute atomic E-state index is 0.461. The molecule has 10 N–H and O–H groups in total. The zero-order valence-electron chi connectivity index (χ0n) is 25.8. The van der Waals surface area contributed by atoms with Crippen LogP contribution in [0.4, 0.5) is 0 Å². The lowest BCUT2D eigenvalue weighted by Crippen LogP contribution is -2.50. The summed E-state index contributed by atoms with van der Waals surface area (Å²) in [5, 5.41) is 22.2. The average Bonchev–Trinajstić information content (AvgIpc) is 3.03. The van der Waals surface area contributed by atoms with Gasteiger partial charge in [-0.25, -0.2) is 0 Å². The van der Waals surface area contributed by atoms with Crippen LogP contribution in [0.5, 0.6) is 0 Å². The first kappa shape index (κ1) is 39.2. The highest BCUT2D eigenvalue weighted by Gasteiger charge is 2.21. The number of carbonyl (C=O) groups is 11. The van der Waals surface area contributed by atoms with E-state index in [1.165, 1.54) is 0 Å². The van der Waals surface area contributed by atoms with Gasteiger partial charge < -0.3 is 58.1 Å². The van der Waals surface area contributed by atoms with Gasteiger partial charge in [0.2, 0.25) is 65.0 Å². The van der Waals surface area contributed by atoms with E-state index in [9.17, 15) is 52.7 Å². The summed E-state index contributed by atoms with van der Waals surface area (Å²) in [5.41, 5.74) is 0. The second-order valence-corrected chi connectivity index (χ2v) is 9.88. The third-order valence-electron chi connectivity index (χ3n) is 5.71. The van der Waals surface area contributed by atoms with Gasteiger partial charge in [-0.15, -0.1) is 0 Å². The molecular formula is C25H39N11O11. The van der Waals surface area contributed by atoms with Gasteiger partial charge >= 0.3 is 0 Å². The molecule has 1 aliphatic heterocycles. The summed E-state index contributed by atoms with van der Waals surface area (Å²) in [7, 11) is 0. The molecule has 260 valence electrons. The molecule has 1 rings (SSSR count). The van der Waals surface area contributed by atoms with Crippen LogP contribution < -0.4 is 53.2 Å². The predicted octanol–water partition coefficient (Wildman–Crippen LogP) is -8.60. The number of hydrogen-bond donors (Lipinski definition) is 10. The fourth-order valence-corrected chi connectivity index (χ4v) is 3.22. The normalized spacial score (nSPS) is 19.4. The number of carbonyl (C=O) groups excluding carboxylic acids is 11. The summed E-state index contributed by atoms with van der Waals surface area (Å²) in [4.78, 5) is 133. The molecule has 0 radical (unpaired) electrons. The Morgan fingerprint density at radius 1 is 0.340 bits per heavy atom. The Morgan fingerprint density at radius 2 is 0.532 bits per heavy atom. The molecule has 0 aromatic heterocycles. The van der Waals surface area contributed by atoms with Crippen LogP contribution in [0.3, 0.4) is 0 Å². The van der Waals surface area contributed by atoms with Crippen molar-refractivity contribution in [2.45, 2.75) is 19.9 Å². The molecule has 0 aromatic carbocycles. The van der Waals surface area contributed by atoms with E-state index in [2.05, 4.69) is 53.2 Å². The molecule has 22 heteroatoms. The monoisotopic (exact) mass is 669 g/mol. The Balaban J connectivity index is 2.75. The topological polar surface area (TPSA) is 311 Å². The van der Waals surface area contributed by atoms with Crippen LogP contribution in [0, 0.1) is 0 Å². The highest BCUT2D eigenvalue weighted by Crippen LogP contribution is 1.98. The minimum atomic E-state index is -0.762. The lowest BCUT2D eigenvalue weighted by molar-refractivity contribution is -0.138. The first-order valence-electron chi connectivity index (χ1n) is 14.1. The van der Waals surface area contributed by atoms with Gasteiger partial charge in [0.25, 0.3) is 0 Å². The first-order valence-corrected chi connectivity index (χ1v) is 14.1. The number of nitrogens with one attached hydrogen (secondary N) is 10. The van der Waals surface area contributed by atoms with E-state index in [1.807, 2.05) is 0 Å². The molecule has 1 heterocycles. The smallest absolute Gasteiger partial charge is 0.242 e. The first-order chi connectivity index (χ1) is 22.2. The molecule has 0 spiro atoms. The maximum Gasteiger partial charge on any atom is 0.242 e. The van der Waals surface area contributed by atoms with E-state index in [0.717, 1.165) is 4.90 Å². The third-order valence-corrected chi connectivity index (χ3v) is 5.71.